The molecule has 1 atom stereocenters. The zero-order valence-corrected chi connectivity index (χ0v) is 8.12. The van der Waals surface area contributed by atoms with Crippen LogP contribution < -0.4 is 5.73 Å². The molecule has 0 saturated carbocycles. The van der Waals surface area contributed by atoms with Crippen molar-refractivity contribution in [3.05, 3.63) is 0 Å². The first-order valence-electron chi connectivity index (χ1n) is 3.81. The minimum absolute atomic E-state index is 0.695. The molecule has 0 aliphatic rings. The average Bonchev–Trinajstić information content (AvgIpc) is 1.81. The summed E-state index contributed by atoms with van der Waals surface area (Å²) in [6, 6.07) is 0. The van der Waals surface area contributed by atoms with Crippen molar-refractivity contribution in [2.24, 2.45) is 11.1 Å². The molecule has 0 spiro atoms. The molecule has 2 N–H and O–H groups in total. The monoisotopic (exact) mass is 197 g/mol. The molecule has 0 heterocycles. The fourth-order valence-electron chi connectivity index (χ4n) is 0.908. The summed E-state index contributed by atoms with van der Waals surface area (Å²) in [6.07, 6.45) is -4.70. The van der Waals surface area contributed by atoms with Crippen LogP contribution in [0.4, 0.5) is 13.2 Å². The van der Waals surface area contributed by atoms with E-state index in [1.165, 1.54) is 20.8 Å². The summed E-state index contributed by atoms with van der Waals surface area (Å²) >= 11 is 0. The van der Waals surface area contributed by atoms with E-state index < -0.39 is 22.9 Å². The maximum atomic E-state index is 12.3. The second-order valence-corrected chi connectivity index (χ2v) is 4.28. The lowest BCUT2D eigenvalue weighted by Gasteiger charge is -2.32. The lowest BCUT2D eigenvalue weighted by atomic mass is 9.79. The first-order chi connectivity index (χ1) is 5.40. The molecule has 0 rings (SSSR count). The standard InChI is InChI=1S/C8H14F3NO/c1-6(2,3)5(13)7(4,12)8(9,10)11/h12H2,1-4H3. The van der Waals surface area contributed by atoms with Gasteiger partial charge >= 0.3 is 6.18 Å². The highest BCUT2D eigenvalue weighted by atomic mass is 19.4. The molecular formula is C8H14F3NO. The highest BCUT2D eigenvalue weighted by Gasteiger charge is 2.56. The Kier molecular flexibility index (Phi) is 2.84. The van der Waals surface area contributed by atoms with E-state index in [1.807, 2.05) is 0 Å². The number of rotatable bonds is 1. The van der Waals surface area contributed by atoms with Crippen LogP contribution in [0.15, 0.2) is 0 Å². The van der Waals surface area contributed by atoms with Crippen LogP contribution in [0.3, 0.4) is 0 Å². The molecule has 0 radical (unpaired) electrons. The van der Waals surface area contributed by atoms with Gasteiger partial charge in [0.2, 0.25) is 0 Å². The molecule has 0 amide bonds. The van der Waals surface area contributed by atoms with Crippen LogP contribution in [-0.2, 0) is 4.79 Å². The minimum Gasteiger partial charge on any atom is -0.312 e. The SMILES string of the molecule is CC(C)(C)C(=O)C(C)(N)C(F)(F)F. The van der Waals surface area contributed by atoms with Gasteiger partial charge in [-0.05, 0) is 6.92 Å². The number of alkyl halides is 3. The van der Waals surface area contributed by atoms with E-state index in [9.17, 15) is 18.0 Å². The first kappa shape index (κ1) is 12.4. The highest BCUT2D eigenvalue weighted by Crippen LogP contribution is 2.34. The van der Waals surface area contributed by atoms with Gasteiger partial charge in [0.1, 0.15) is 0 Å². The third-order valence-corrected chi connectivity index (χ3v) is 1.74. The van der Waals surface area contributed by atoms with Crippen molar-refractivity contribution in [2.45, 2.75) is 39.4 Å². The van der Waals surface area contributed by atoms with Gasteiger partial charge in [-0.25, -0.2) is 0 Å². The summed E-state index contributed by atoms with van der Waals surface area (Å²) in [4.78, 5) is 11.3. The second-order valence-electron chi connectivity index (χ2n) is 4.28. The first-order valence-corrected chi connectivity index (χ1v) is 3.81. The molecule has 0 aromatic heterocycles. The summed E-state index contributed by atoms with van der Waals surface area (Å²) < 4.78 is 36.8. The van der Waals surface area contributed by atoms with Gasteiger partial charge in [0.15, 0.2) is 11.3 Å². The van der Waals surface area contributed by atoms with Crippen molar-refractivity contribution in [2.75, 3.05) is 0 Å². The van der Waals surface area contributed by atoms with Crippen molar-refractivity contribution in [1.82, 2.24) is 0 Å². The van der Waals surface area contributed by atoms with Gasteiger partial charge in [0.25, 0.3) is 0 Å². The number of Topliss-reactive ketones (excluding diaryl/α,β-unsaturated/α-hetero) is 1. The van der Waals surface area contributed by atoms with Crippen LogP contribution in [0.5, 0.6) is 0 Å². The normalized spacial score (nSPS) is 18.2. The molecule has 0 fully saturated rings. The quantitative estimate of drug-likeness (QED) is 0.697. The number of carbonyl (C=O) groups excluding carboxylic acids is 1. The molecule has 5 heteroatoms. The Morgan fingerprint density at radius 1 is 1.08 bits per heavy atom. The van der Waals surface area contributed by atoms with Gasteiger partial charge in [0.05, 0.1) is 0 Å². The number of nitrogens with two attached hydrogens (primary N) is 1. The van der Waals surface area contributed by atoms with Gasteiger partial charge in [-0.15, -0.1) is 0 Å². The van der Waals surface area contributed by atoms with E-state index in [0.717, 1.165) is 0 Å². The Labute approximate surface area is 75.3 Å². The van der Waals surface area contributed by atoms with Crippen LogP contribution in [-0.4, -0.2) is 17.5 Å². The number of carbonyl (C=O) groups is 1. The van der Waals surface area contributed by atoms with E-state index in [2.05, 4.69) is 0 Å². The maximum absolute atomic E-state index is 12.3. The lowest BCUT2D eigenvalue weighted by Crippen LogP contribution is -2.60. The Morgan fingerprint density at radius 3 is 1.46 bits per heavy atom. The van der Waals surface area contributed by atoms with Crippen LogP contribution in [0.25, 0.3) is 0 Å². The lowest BCUT2D eigenvalue weighted by molar-refractivity contribution is -0.190. The maximum Gasteiger partial charge on any atom is 0.413 e. The molecule has 0 aliphatic heterocycles. The van der Waals surface area contributed by atoms with Crippen molar-refractivity contribution in [3.8, 4) is 0 Å². The second kappa shape index (κ2) is 2.97. The van der Waals surface area contributed by atoms with E-state index >= 15 is 0 Å². The molecule has 0 aromatic carbocycles. The minimum atomic E-state index is -4.70. The summed E-state index contributed by atoms with van der Waals surface area (Å²) in [6.45, 7) is 4.92. The largest absolute Gasteiger partial charge is 0.413 e. The van der Waals surface area contributed by atoms with Gasteiger partial charge < -0.3 is 5.73 Å². The molecule has 0 aromatic rings. The van der Waals surface area contributed by atoms with E-state index in [1.54, 1.807) is 0 Å². The molecule has 2 nitrogen and oxygen atoms in total. The molecular weight excluding hydrogens is 183 g/mol. The van der Waals surface area contributed by atoms with Crippen LogP contribution in [0.2, 0.25) is 0 Å². The van der Waals surface area contributed by atoms with Gasteiger partial charge in [0, 0.05) is 5.41 Å². The molecule has 13 heavy (non-hydrogen) atoms. The third kappa shape index (κ3) is 2.43. The molecule has 1 unspecified atom stereocenters. The fourth-order valence-corrected chi connectivity index (χ4v) is 0.908. The Balaban J connectivity index is 4.98. The Bertz CT molecular complexity index is 212. The Hall–Kier alpha value is -0.580. The van der Waals surface area contributed by atoms with Crippen molar-refractivity contribution in [1.29, 1.82) is 0 Å². The summed E-state index contributed by atoms with van der Waals surface area (Å²) in [5.41, 5.74) is 1.11. The topological polar surface area (TPSA) is 43.1 Å². The predicted molar refractivity (Wildman–Crippen MR) is 43.1 cm³/mol. The van der Waals surface area contributed by atoms with Crippen LogP contribution >= 0.6 is 0 Å². The van der Waals surface area contributed by atoms with E-state index in [0.29, 0.717) is 6.92 Å². The zero-order valence-electron chi connectivity index (χ0n) is 8.12. The van der Waals surface area contributed by atoms with Crippen molar-refractivity contribution in [3.63, 3.8) is 0 Å². The smallest absolute Gasteiger partial charge is 0.312 e. The number of ketones is 1. The number of hydrogen-bond acceptors (Lipinski definition) is 2. The molecule has 78 valence electrons. The van der Waals surface area contributed by atoms with Crippen LogP contribution in [0, 0.1) is 5.41 Å². The summed E-state index contributed by atoms with van der Waals surface area (Å²) in [7, 11) is 0. The predicted octanol–water partition coefficient (Wildman–Crippen LogP) is 1.88. The number of halogens is 3. The van der Waals surface area contributed by atoms with Crippen LogP contribution in [0.1, 0.15) is 27.7 Å². The fraction of sp³-hybridized carbons (Fsp3) is 0.875. The molecule has 0 bridgehead atoms. The average molecular weight is 197 g/mol. The van der Waals surface area contributed by atoms with Gasteiger partial charge in [-0.3, -0.25) is 4.79 Å². The molecule has 0 saturated heterocycles. The number of hydrogen-bond donors (Lipinski definition) is 1. The summed E-state index contributed by atoms with van der Waals surface area (Å²) in [5.74, 6) is -1.01. The van der Waals surface area contributed by atoms with E-state index in [4.69, 9.17) is 5.73 Å². The van der Waals surface area contributed by atoms with Gasteiger partial charge in [-0.1, -0.05) is 20.8 Å². The van der Waals surface area contributed by atoms with Crippen molar-refractivity contribution >= 4 is 5.78 Å². The van der Waals surface area contributed by atoms with Gasteiger partial charge in [-0.2, -0.15) is 13.2 Å². The van der Waals surface area contributed by atoms with Crippen molar-refractivity contribution < 1.29 is 18.0 Å². The highest BCUT2D eigenvalue weighted by molar-refractivity contribution is 5.92. The zero-order chi connectivity index (χ0) is 11.1. The summed E-state index contributed by atoms with van der Waals surface area (Å²) in [5, 5.41) is 0. The Morgan fingerprint density at radius 2 is 1.38 bits per heavy atom. The van der Waals surface area contributed by atoms with E-state index in [-0.39, 0.29) is 0 Å². The molecule has 0 aliphatic carbocycles. The third-order valence-electron chi connectivity index (χ3n) is 1.74.